The Morgan fingerprint density at radius 1 is 1.19 bits per heavy atom. The van der Waals surface area contributed by atoms with Crippen LogP contribution in [0.15, 0.2) is 4.99 Å². The lowest BCUT2D eigenvalue weighted by Crippen LogP contribution is -2.38. The third-order valence-corrected chi connectivity index (χ3v) is 5.90. The maximum Gasteiger partial charge on any atom is 0.191 e. The molecule has 2 N–H and O–H groups in total. The summed E-state index contributed by atoms with van der Waals surface area (Å²) in [7, 11) is 2.22. The van der Waals surface area contributed by atoms with Crippen molar-refractivity contribution >= 4 is 17.3 Å². The Morgan fingerprint density at radius 2 is 2.04 bits per heavy atom. The van der Waals surface area contributed by atoms with Gasteiger partial charge in [0.25, 0.3) is 0 Å². The summed E-state index contributed by atoms with van der Waals surface area (Å²) in [6, 6.07) is 0. The fourth-order valence-corrected chi connectivity index (χ4v) is 4.02. The van der Waals surface area contributed by atoms with Crippen molar-refractivity contribution in [3.63, 3.8) is 0 Å². The Hall–Kier alpha value is -1.18. The lowest BCUT2D eigenvalue weighted by atomic mass is 10.3. The molecule has 2 rings (SSSR count). The van der Waals surface area contributed by atoms with E-state index in [1.54, 1.807) is 11.3 Å². The molecular formula is C19H36N6S. The fraction of sp³-hybridized carbons (Fsp3) is 0.789. The summed E-state index contributed by atoms with van der Waals surface area (Å²) in [6.45, 7) is 14.9. The van der Waals surface area contributed by atoms with Gasteiger partial charge in [0.05, 0.1) is 10.7 Å². The number of hydrogen-bond acceptors (Lipinski definition) is 5. The van der Waals surface area contributed by atoms with Gasteiger partial charge in [0, 0.05) is 44.0 Å². The summed E-state index contributed by atoms with van der Waals surface area (Å²) in [6.07, 6.45) is 3.34. The van der Waals surface area contributed by atoms with E-state index in [0.717, 1.165) is 50.7 Å². The number of guanidine groups is 1. The molecule has 2 heterocycles. The molecule has 1 aromatic rings. The number of nitrogens with one attached hydrogen (secondary N) is 2. The highest BCUT2D eigenvalue weighted by atomic mass is 32.1. The first-order chi connectivity index (χ1) is 12.6. The molecule has 1 aliphatic heterocycles. The van der Waals surface area contributed by atoms with Gasteiger partial charge in [0.2, 0.25) is 0 Å². The van der Waals surface area contributed by atoms with Crippen molar-refractivity contribution < 1.29 is 0 Å². The Morgan fingerprint density at radius 3 is 2.77 bits per heavy atom. The monoisotopic (exact) mass is 380 g/mol. The van der Waals surface area contributed by atoms with Crippen LogP contribution in [0.1, 0.15) is 35.3 Å². The van der Waals surface area contributed by atoms with E-state index in [1.165, 1.54) is 42.5 Å². The van der Waals surface area contributed by atoms with Crippen molar-refractivity contribution in [1.29, 1.82) is 0 Å². The maximum absolute atomic E-state index is 4.73. The van der Waals surface area contributed by atoms with E-state index in [1.807, 2.05) is 0 Å². The van der Waals surface area contributed by atoms with Crippen LogP contribution >= 0.6 is 11.3 Å². The number of likely N-dealkylation sites (N-methyl/N-ethyl adjacent to an activating group) is 1. The van der Waals surface area contributed by atoms with Crippen molar-refractivity contribution in [3.05, 3.63) is 15.6 Å². The van der Waals surface area contributed by atoms with Crippen LogP contribution in [0.25, 0.3) is 0 Å². The fourth-order valence-electron chi connectivity index (χ4n) is 3.08. The van der Waals surface area contributed by atoms with Crippen LogP contribution in [0, 0.1) is 13.8 Å². The second-order valence-corrected chi connectivity index (χ2v) is 8.33. The van der Waals surface area contributed by atoms with Gasteiger partial charge in [0.15, 0.2) is 5.96 Å². The van der Waals surface area contributed by atoms with Crippen LogP contribution in [0.3, 0.4) is 0 Å². The van der Waals surface area contributed by atoms with Crippen LogP contribution in [0.5, 0.6) is 0 Å². The first-order valence-corrected chi connectivity index (χ1v) is 10.8. The van der Waals surface area contributed by atoms with Crippen molar-refractivity contribution in [2.75, 3.05) is 59.4 Å². The van der Waals surface area contributed by atoms with Crippen LogP contribution in [0.2, 0.25) is 0 Å². The second-order valence-electron chi connectivity index (χ2n) is 7.04. The zero-order chi connectivity index (χ0) is 18.8. The number of rotatable bonds is 8. The molecule has 0 amide bonds. The molecule has 0 spiro atoms. The highest BCUT2D eigenvalue weighted by Crippen LogP contribution is 2.16. The molecule has 0 atom stereocenters. The van der Waals surface area contributed by atoms with Gasteiger partial charge in [-0.2, -0.15) is 0 Å². The Labute approximate surface area is 163 Å². The SMILES string of the molecule is CCNC(=NCCCN1CCCN(C)CC1)NCCc1nc(C)c(C)s1. The zero-order valence-electron chi connectivity index (χ0n) is 17.0. The lowest BCUT2D eigenvalue weighted by molar-refractivity contribution is 0.275. The number of hydrogen-bond donors (Lipinski definition) is 2. The molecule has 0 aromatic carbocycles. The number of aliphatic imine (C=N–C) groups is 1. The van der Waals surface area contributed by atoms with Crippen LogP contribution in [0.4, 0.5) is 0 Å². The molecule has 0 unspecified atom stereocenters. The standard InChI is InChI=1S/C19H36N6S/c1-5-20-19(22-10-8-18-23-16(2)17(3)26-18)21-9-6-12-25-13-7-11-24(4)14-15-25/h5-15H2,1-4H3,(H2,20,21,22). The molecule has 1 aromatic heterocycles. The van der Waals surface area contributed by atoms with Crippen molar-refractivity contribution in [2.45, 2.75) is 40.0 Å². The zero-order valence-corrected chi connectivity index (χ0v) is 17.8. The minimum Gasteiger partial charge on any atom is -0.357 e. The maximum atomic E-state index is 4.73. The molecular weight excluding hydrogens is 344 g/mol. The van der Waals surface area contributed by atoms with Crippen molar-refractivity contribution in [2.24, 2.45) is 4.99 Å². The van der Waals surface area contributed by atoms with Crippen LogP contribution in [-0.2, 0) is 6.42 Å². The number of thiazole rings is 1. The van der Waals surface area contributed by atoms with Crippen molar-refractivity contribution in [3.8, 4) is 0 Å². The van der Waals surface area contributed by atoms with Crippen LogP contribution in [-0.4, -0.2) is 80.1 Å². The molecule has 7 heteroatoms. The molecule has 0 aliphatic carbocycles. The summed E-state index contributed by atoms with van der Waals surface area (Å²) in [5, 5.41) is 7.98. The summed E-state index contributed by atoms with van der Waals surface area (Å²) >= 11 is 1.80. The average molecular weight is 381 g/mol. The topological polar surface area (TPSA) is 55.8 Å². The van der Waals surface area contributed by atoms with Gasteiger partial charge in [-0.15, -0.1) is 11.3 Å². The largest absolute Gasteiger partial charge is 0.357 e. The minimum absolute atomic E-state index is 0.872. The number of aromatic nitrogens is 1. The molecule has 1 aliphatic rings. The molecule has 148 valence electrons. The highest BCUT2D eigenvalue weighted by molar-refractivity contribution is 7.11. The van der Waals surface area contributed by atoms with E-state index in [2.05, 4.69) is 53.2 Å². The smallest absolute Gasteiger partial charge is 0.191 e. The second kappa shape index (κ2) is 11.5. The lowest BCUT2D eigenvalue weighted by Gasteiger charge is -2.19. The van der Waals surface area contributed by atoms with Gasteiger partial charge in [-0.3, -0.25) is 4.99 Å². The Kier molecular flexibility index (Phi) is 9.36. The van der Waals surface area contributed by atoms with Gasteiger partial charge in [-0.25, -0.2) is 4.98 Å². The highest BCUT2D eigenvalue weighted by Gasteiger charge is 2.11. The molecule has 0 radical (unpaired) electrons. The minimum atomic E-state index is 0.872. The summed E-state index contributed by atoms with van der Waals surface area (Å²) in [5.74, 6) is 0.924. The molecule has 0 bridgehead atoms. The number of nitrogens with zero attached hydrogens (tertiary/aromatic N) is 4. The van der Waals surface area contributed by atoms with Gasteiger partial charge in [-0.1, -0.05) is 0 Å². The van der Waals surface area contributed by atoms with E-state index in [4.69, 9.17) is 4.99 Å². The molecule has 26 heavy (non-hydrogen) atoms. The molecule has 0 saturated carbocycles. The predicted molar refractivity (Wildman–Crippen MR) is 112 cm³/mol. The van der Waals surface area contributed by atoms with Gasteiger partial charge >= 0.3 is 0 Å². The third-order valence-electron chi connectivity index (χ3n) is 4.76. The molecule has 6 nitrogen and oxygen atoms in total. The van der Waals surface area contributed by atoms with E-state index in [0.29, 0.717) is 0 Å². The van der Waals surface area contributed by atoms with Gasteiger partial charge in [-0.05, 0) is 60.3 Å². The molecule has 1 fully saturated rings. The average Bonchev–Trinajstić information content (AvgIpc) is 2.80. The third kappa shape index (κ3) is 7.60. The van der Waals surface area contributed by atoms with Crippen molar-refractivity contribution in [1.82, 2.24) is 25.4 Å². The van der Waals surface area contributed by atoms with E-state index in [9.17, 15) is 0 Å². The molecule has 1 saturated heterocycles. The first kappa shape index (κ1) is 21.1. The Bertz CT molecular complexity index is 537. The number of aryl methyl sites for hydroxylation is 2. The summed E-state index contributed by atoms with van der Waals surface area (Å²) in [5.41, 5.74) is 1.16. The van der Waals surface area contributed by atoms with Gasteiger partial charge < -0.3 is 20.4 Å². The normalized spacial score (nSPS) is 17.3. The van der Waals surface area contributed by atoms with E-state index >= 15 is 0 Å². The summed E-state index contributed by atoms with van der Waals surface area (Å²) < 4.78 is 0. The Balaban J connectivity index is 1.68. The van der Waals surface area contributed by atoms with Crippen LogP contribution < -0.4 is 10.6 Å². The first-order valence-electron chi connectivity index (χ1n) is 9.94. The van der Waals surface area contributed by atoms with E-state index < -0.39 is 0 Å². The van der Waals surface area contributed by atoms with E-state index in [-0.39, 0.29) is 0 Å². The quantitative estimate of drug-likeness (QED) is 0.410. The summed E-state index contributed by atoms with van der Waals surface area (Å²) in [4.78, 5) is 15.7. The van der Waals surface area contributed by atoms with Gasteiger partial charge in [0.1, 0.15) is 0 Å². The predicted octanol–water partition coefficient (Wildman–Crippen LogP) is 1.89.